The molecule has 3 heteroatoms. The quantitative estimate of drug-likeness (QED) is 0.857. The third-order valence-corrected chi connectivity index (χ3v) is 4.27. The molecule has 1 aliphatic rings. The molecule has 1 fully saturated rings. The molecule has 1 saturated heterocycles. The van der Waals surface area contributed by atoms with Crippen LogP contribution in [0.25, 0.3) is 0 Å². The molecule has 1 aromatic rings. The van der Waals surface area contributed by atoms with E-state index in [0.717, 1.165) is 25.2 Å². The van der Waals surface area contributed by atoms with E-state index in [9.17, 15) is 4.39 Å². The Morgan fingerprint density at radius 1 is 1.38 bits per heavy atom. The van der Waals surface area contributed by atoms with Gasteiger partial charge in [0, 0.05) is 31.7 Å². The molecule has 1 N–H and O–H groups in total. The number of hydrogen-bond donors (Lipinski definition) is 1. The first kappa shape index (κ1) is 16.4. The topological polar surface area (TPSA) is 15.3 Å². The highest BCUT2D eigenvalue weighted by molar-refractivity contribution is 5.16. The summed E-state index contributed by atoms with van der Waals surface area (Å²) in [5, 5.41) is 3.70. The third kappa shape index (κ3) is 5.08. The molecular weight excluding hydrogens is 263 g/mol. The second-order valence-electron chi connectivity index (χ2n) is 6.74. The molecule has 0 aliphatic carbocycles. The average molecular weight is 292 g/mol. The lowest BCUT2D eigenvalue weighted by molar-refractivity contribution is 0.107. The van der Waals surface area contributed by atoms with E-state index >= 15 is 0 Å². The van der Waals surface area contributed by atoms with Gasteiger partial charge >= 0.3 is 0 Å². The molecule has 2 atom stereocenters. The number of rotatable bonds is 6. The van der Waals surface area contributed by atoms with Gasteiger partial charge in [-0.1, -0.05) is 39.3 Å². The van der Waals surface area contributed by atoms with Crippen LogP contribution in [0.5, 0.6) is 0 Å². The molecule has 0 saturated carbocycles. The van der Waals surface area contributed by atoms with Crippen molar-refractivity contribution < 1.29 is 4.39 Å². The van der Waals surface area contributed by atoms with Gasteiger partial charge in [0.2, 0.25) is 0 Å². The van der Waals surface area contributed by atoms with Crippen LogP contribution in [0.4, 0.5) is 4.39 Å². The largest absolute Gasteiger partial charge is 0.311 e. The summed E-state index contributed by atoms with van der Waals surface area (Å²) in [4.78, 5) is 2.54. The minimum absolute atomic E-state index is 0.131. The maximum absolute atomic E-state index is 13.4. The van der Waals surface area contributed by atoms with E-state index in [1.165, 1.54) is 25.3 Å². The molecule has 1 heterocycles. The molecule has 0 bridgehead atoms. The standard InChI is InChI=1S/C18H29FN2/c1-4-6-18-11-20-17(9-14(2)3)13-21(18)12-15-7-5-8-16(19)10-15/h5,7-8,10,14,17-18,20H,4,6,9,11-13H2,1-3H3. The Kier molecular flexibility index (Phi) is 6.19. The summed E-state index contributed by atoms with van der Waals surface area (Å²) in [7, 11) is 0. The lowest BCUT2D eigenvalue weighted by Crippen LogP contribution is -2.56. The van der Waals surface area contributed by atoms with E-state index in [2.05, 4.69) is 31.0 Å². The van der Waals surface area contributed by atoms with Crippen LogP contribution < -0.4 is 5.32 Å². The van der Waals surface area contributed by atoms with Crippen LogP contribution in [0.15, 0.2) is 24.3 Å². The van der Waals surface area contributed by atoms with Gasteiger partial charge in [-0.3, -0.25) is 4.90 Å². The van der Waals surface area contributed by atoms with Crippen molar-refractivity contribution in [2.75, 3.05) is 13.1 Å². The van der Waals surface area contributed by atoms with Gasteiger partial charge < -0.3 is 5.32 Å². The Bertz CT molecular complexity index is 433. The Hall–Kier alpha value is -0.930. The molecule has 21 heavy (non-hydrogen) atoms. The number of halogens is 1. The highest BCUT2D eigenvalue weighted by Crippen LogP contribution is 2.19. The van der Waals surface area contributed by atoms with Crippen molar-refractivity contribution in [2.24, 2.45) is 5.92 Å². The van der Waals surface area contributed by atoms with Gasteiger partial charge in [0.1, 0.15) is 5.82 Å². The second kappa shape index (κ2) is 7.90. The van der Waals surface area contributed by atoms with Gasteiger partial charge in [-0.2, -0.15) is 0 Å². The summed E-state index contributed by atoms with van der Waals surface area (Å²) in [6.45, 7) is 9.77. The maximum atomic E-state index is 13.4. The Morgan fingerprint density at radius 2 is 2.19 bits per heavy atom. The van der Waals surface area contributed by atoms with Crippen molar-refractivity contribution >= 4 is 0 Å². The minimum atomic E-state index is -0.131. The lowest BCUT2D eigenvalue weighted by Gasteiger charge is -2.41. The van der Waals surface area contributed by atoms with Crippen molar-refractivity contribution in [3.63, 3.8) is 0 Å². The van der Waals surface area contributed by atoms with E-state index in [4.69, 9.17) is 0 Å². The van der Waals surface area contributed by atoms with E-state index < -0.39 is 0 Å². The van der Waals surface area contributed by atoms with Gasteiger partial charge in [0.15, 0.2) is 0 Å². The second-order valence-corrected chi connectivity index (χ2v) is 6.74. The summed E-state index contributed by atoms with van der Waals surface area (Å²) in [5.74, 6) is 0.578. The van der Waals surface area contributed by atoms with Gasteiger partial charge in [-0.05, 0) is 36.5 Å². The number of hydrogen-bond acceptors (Lipinski definition) is 2. The van der Waals surface area contributed by atoms with Crippen molar-refractivity contribution in [3.05, 3.63) is 35.6 Å². The van der Waals surface area contributed by atoms with Crippen molar-refractivity contribution in [1.82, 2.24) is 10.2 Å². The van der Waals surface area contributed by atoms with E-state index in [-0.39, 0.29) is 5.82 Å². The zero-order valence-corrected chi connectivity index (χ0v) is 13.6. The van der Waals surface area contributed by atoms with Gasteiger partial charge in [0.25, 0.3) is 0 Å². The van der Waals surface area contributed by atoms with Crippen molar-refractivity contribution in [3.8, 4) is 0 Å². The van der Waals surface area contributed by atoms with E-state index in [1.54, 1.807) is 6.07 Å². The fourth-order valence-corrected chi connectivity index (χ4v) is 3.34. The monoisotopic (exact) mass is 292 g/mol. The molecule has 1 aliphatic heterocycles. The molecule has 2 nitrogen and oxygen atoms in total. The summed E-state index contributed by atoms with van der Waals surface area (Å²) in [6.07, 6.45) is 3.61. The summed E-state index contributed by atoms with van der Waals surface area (Å²) >= 11 is 0. The van der Waals surface area contributed by atoms with Gasteiger partial charge in [-0.25, -0.2) is 4.39 Å². The predicted octanol–water partition coefficient (Wildman–Crippen LogP) is 3.81. The normalized spacial score (nSPS) is 23.7. The fourth-order valence-electron chi connectivity index (χ4n) is 3.34. The first-order chi connectivity index (χ1) is 10.1. The minimum Gasteiger partial charge on any atom is -0.311 e. The van der Waals surface area contributed by atoms with Crippen LogP contribution >= 0.6 is 0 Å². The first-order valence-electron chi connectivity index (χ1n) is 8.30. The van der Waals surface area contributed by atoms with Crippen molar-refractivity contribution in [2.45, 2.75) is 58.7 Å². The molecule has 0 spiro atoms. The Balaban J connectivity index is 2.02. The molecule has 0 radical (unpaired) electrons. The number of piperazine rings is 1. The molecular formula is C18H29FN2. The summed E-state index contributed by atoms with van der Waals surface area (Å²) < 4.78 is 13.4. The highest BCUT2D eigenvalue weighted by Gasteiger charge is 2.27. The summed E-state index contributed by atoms with van der Waals surface area (Å²) in [5.41, 5.74) is 1.08. The SMILES string of the molecule is CCCC1CNC(CC(C)C)CN1Cc1cccc(F)c1. The van der Waals surface area contributed by atoms with Gasteiger partial charge in [0.05, 0.1) is 0 Å². The Morgan fingerprint density at radius 3 is 2.86 bits per heavy atom. The molecule has 118 valence electrons. The van der Waals surface area contributed by atoms with Crippen LogP contribution in [0, 0.1) is 11.7 Å². The predicted molar refractivity (Wildman–Crippen MR) is 86.8 cm³/mol. The highest BCUT2D eigenvalue weighted by atomic mass is 19.1. The third-order valence-electron chi connectivity index (χ3n) is 4.27. The van der Waals surface area contributed by atoms with Crippen LogP contribution in [0.1, 0.15) is 45.6 Å². The lowest BCUT2D eigenvalue weighted by atomic mass is 9.97. The number of nitrogens with zero attached hydrogens (tertiary/aromatic N) is 1. The zero-order valence-electron chi connectivity index (χ0n) is 13.6. The summed E-state index contributed by atoms with van der Waals surface area (Å²) in [6, 6.07) is 8.17. The van der Waals surface area contributed by atoms with E-state index in [0.29, 0.717) is 18.0 Å². The van der Waals surface area contributed by atoms with Crippen LogP contribution in [-0.2, 0) is 6.54 Å². The number of nitrogens with one attached hydrogen (secondary N) is 1. The van der Waals surface area contributed by atoms with Gasteiger partial charge in [-0.15, -0.1) is 0 Å². The van der Waals surface area contributed by atoms with Crippen molar-refractivity contribution in [1.29, 1.82) is 0 Å². The van der Waals surface area contributed by atoms with Crippen LogP contribution in [0.2, 0.25) is 0 Å². The molecule has 2 unspecified atom stereocenters. The van der Waals surface area contributed by atoms with E-state index in [1.807, 2.05) is 12.1 Å². The first-order valence-corrected chi connectivity index (χ1v) is 8.30. The molecule has 0 aromatic heterocycles. The van der Waals surface area contributed by atoms with Crippen LogP contribution in [0.3, 0.4) is 0 Å². The molecule has 2 rings (SSSR count). The maximum Gasteiger partial charge on any atom is 0.123 e. The number of benzene rings is 1. The molecule has 1 aromatic carbocycles. The smallest absolute Gasteiger partial charge is 0.123 e. The average Bonchev–Trinajstić information content (AvgIpc) is 2.41. The zero-order chi connectivity index (χ0) is 15.2. The fraction of sp³-hybridized carbons (Fsp3) is 0.667. The van der Waals surface area contributed by atoms with Crippen LogP contribution in [-0.4, -0.2) is 30.1 Å². The molecule has 0 amide bonds. The Labute approximate surface area is 128 Å².